The van der Waals surface area contributed by atoms with Gasteiger partial charge in [-0.25, -0.2) is 0 Å². The summed E-state index contributed by atoms with van der Waals surface area (Å²) < 4.78 is 1.43. The normalized spacial score (nSPS) is 9.74. The van der Waals surface area contributed by atoms with Crippen LogP contribution in [0.25, 0.3) is 22.4 Å². The van der Waals surface area contributed by atoms with Crippen LogP contribution in [0.2, 0.25) is 17.3 Å². The van der Waals surface area contributed by atoms with Crippen molar-refractivity contribution in [1.82, 2.24) is 4.98 Å². The maximum atomic E-state index is 7.00. The van der Waals surface area contributed by atoms with Crippen molar-refractivity contribution in [2.45, 2.75) is 17.3 Å². The molecule has 0 fully saturated rings. The van der Waals surface area contributed by atoms with Crippen LogP contribution in [0.1, 0.15) is 0 Å². The molecule has 0 unspecified atom stereocenters. The average molecular weight is 603 g/mol. The predicted molar refractivity (Wildman–Crippen MR) is 113 cm³/mol. The number of benzene rings is 2. The number of pyridine rings is 1. The second-order valence-corrected chi connectivity index (χ2v) is 17.2. The zero-order valence-corrected chi connectivity index (χ0v) is 21.0. The van der Waals surface area contributed by atoms with Gasteiger partial charge in [0, 0.05) is 34.3 Å². The number of aliphatic hydroxyl groups is 2. The minimum Gasteiger partial charge on any atom is 0 e. The summed E-state index contributed by atoms with van der Waals surface area (Å²) in [4.78, 5) is 4.67. The molecule has 147 valence electrons. The summed E-state index contributed by atoms with van der Waals surface area (Å²) in [5.74, 6) is 7.16. The van der Waals surface area contributed by atoms with E-state index < -0.39 is 13.3 Å². The molecular weight excluding hydrogens is 575 g/mol. The van der Waals surface area contributed by atoms with Crippen LogP contribution in [-0.2, 0) is 20.1 Å². The van der Waals surface area contributed by atoms with Gasteiger partial charge in [-0.2, -0.15) is 0 Å². The Labute approximate surface area is 179 Å². The molecule has 0 bridgehead atoms. The third kappa shape index (κ3) is 7.68. The fourth-order valence-electron chi connectivity index (χ4n) is 2.42. The number of nitrogens with zero attached hydrogens (tertiary/aromatic N) is 1. The van der Waals surface area contributed by atoms with E-state index >= 15 is 0 Å². The Bertz CT molecular complexity index is 772. The van der Waals surface area contributed by atoms with Gasteiger partial charge in [0.05, 0.1) is 0 Å². The van der Waals surface area contributed by atoms with Gasteiger partial charge in [-0.3, -0.25) is 0 Å². The van der Waals surface area contributed by atoms with Crippen LogP contribution >= 0.6 is 0 Å². The van der Waals surface area contributed by atoms with Crippen molar-refractivity contribution in [3.63, 3.8) is 0 Å². The number of aromatic nitrogens is 1. The quantitative estimate of drug-likeness (QED) is 0.352. The third-order valence-electron chi connectivity index (χ3n) is 3.81. The largest absolute Gasteiger partial charge is 0 e. The number of hydrogen-bond donors (Lipinski definition) is 2. The van der Waals surface area contributed by atoms with Gasteiger partial charge in [-0.15, -0.1) is 0 Å². The first-order chi connectivity index (χ1) is 12.5. The van der Waals surface area contributed by atoms with Crippen LogP contribution in [-0.4, -0.2) is 42.7 Å². The molecule has 3 nitrogen and oxygen atoms in total. The topological polar surface area (TPSA) is 53.4 Å². The van der Waals surface area contributed by atoms with E-state index in [0.29, 0.717) is 0 Å². The van der Waals surface area contributed by atoms with E-state index in [1.165, 1.54) is 15.5 Å². The van der Waals surface area contributed by atoms with Crippen molar-refractivity contribution in [1.29, 1.82) is 0 Å². The molecule has 3 aromatic rings. The van der Waals surface area contributed by atoms with Crippen molar-refractivity contribution in [3.8, 4) is 22.4 Å². The Kier molecular flexibility index (Phi) is 12.4. The maximum Gasteiger partial charge on any atom is 0 e. The molecule has 0 spiro atoms. The zero-order chi connectivity index (χ0) is 19.6. The molecule has 0 aliphatic carbocycles. The van der Waals surface area contributed by atoms with E-state index in [1.807, 2.05) is 12.1 Å². The smallest absolute Gasteiger partial charge is 0 e. The third-order valence-corrected chi connectivity index (χ3v) is 8.07. The molecule has 5 heteroatoms. The predicted octanol–water partition coefficient (Wildman–Crippen LogP) is 3.98. The van der Waals surface area contributed by atoms with Crippen molar-refractivity contribution in [2.24, 2.45) is 0 Å². The number of hydrogen-bond acceptors (Lipinski definition) is 3. The summed E-state index contributed by atoms with van der Waals surface area (Å²) in [6, 6.07) is 24.3. The fourth-order valence-corrected chi connectivity index (χ4v) is 4.59. The van der Waals surface area contributed by atoms with E-state index in [0.717, 1.165) is 25.5 Å². The maximum absolute atomic E-state index is 7.00. The molecule has 3 rings (SSSR count). The monoisotopic (exact) mass is 605 g/mol. The SMILES string of the molecule is CO.CO.[CH3][Ge]([CH3])([CH3])[c]1ccc(-c2[c-]ccc(-c3ccccc3)c2)nc1.[Ir]. The zero-order valence-electron chi connectivity index (χ0n) is 16.5. The van der Waals surface area contributed by atoms with Crippen molar-refractivity contribution in [3.05, 3.63) is 72.9 Å². The molecule has 1 heterocycles. The van der Waals surface area contributed by atoms with Gasteiger partial charge < -0.3 is 10.2 Å². The second kappa shape index (κ2) is 13.0. The summed E-state index contributed by atoms with van der Waals surface area (Å²) in [6.45, 7) is 0. The molecule has 0 saturated heterocycles. The van der Waals surface area contributed by atoms with E-state index in [2.05, 4.69) is 83.0 Å². The Morgan fingerprint density at radius 2 is 1.44 bits per heavy atom. The molecule has 2 N–H and O–H groups in total. The Hall–Kier alpha value is -1.30. The van der Waals surface area contributed by atoms with Crippen LogP contribution in [0.4, 0.5) is 0 Å². The molecule has 0 amide bonds. The minimum absolute atomic E-state index is 0. The molecule has 2 aromatic carbocycles. The van der Waals surface area contributed by atoms with Crippen LogP contribution < -0.4 is 4.40 Å². The molecule has 1 radical (unpaired) electrons. The number of aliphatic hydroxyl groups excluding tert-OH is 2. The van der Waals surface area contributed by atoms with Crippen molar-refractivity contribution < 1.29 is 30.3 Å². The summed E-state index contributed by atoms with van der Waals surface area (Å²) in [7, 11) is 2.00. The molecule has 27 heavy (non-hydrogen) atoms. The summed E-state index contributed by atoms with van der Waals surface area (Å²) in [5, 5.41) is 14.0. The Balaban J connectivity index is 0.00000127. The first-order valence-electron chi connectivity index (χ1n) is 8.47. The average Bonchev–Trinajstić information content (AvgIpc) is 2.71. The van der Waals surface area contributed by atoms with Gasteiger partial charge in [0.25, 0.3) is 0 Å². The first-order valence-corrected chi connectivity index (χ1v) is 15.8. The van der Waals surface area contributed by atoms with Gasteiger partial charge in [0.1, 0.15) is 0 Å². The molecule has 0 aliphatic heterocycles. The molecule has 0 saturated carbocycles. The van der Waals surface area contributed by atoms with E-state index in [-0.39, 0.29) is 20.1 Å². The molecule has 1 aromatic heterocycles. The minimum atomic E-state index is -1.79. The molecule has 0 aliphatic rings. The van der Waals surface area contributed by atoms with Gasteiger partial charge in [0.2, 0.25) is 0 Å². The van der Waals surface area contributed by atoms with Crippen LogP contribution in [0.3, 0.4) is 0 Å². The summed E-state index contributed by atoms with van der Waals surface area (Å²) >= 11 is -1.79. The molecular formula is C22H28GeIrNO2-. The van der Waals surface area contributed by atoms with Crippen molar-refractivity contribution >= 4 is 17.7 Å². The Morgan fingerprint density at radius 3 is 1.96 bits per heavy atom. The van der Waals surface area contributed by atoms with Crippen LogP contribution in [0.5, 0.6) is 0 Å². The first kappa shape index (κ1) is 25.7. The standard InChI is InChI=1S/C20H20GeN.2CH4O.Ir/c1-21(2,3)19-12-13-20(22-15-19)18-11-7-10-17(14-18)16-8-5-4-6-9-16;2*1-2;/h4-10,12-15H,1-3H3;2*2H,1H3;/q-1;;;. The molecule has 0 atom stereocenters. The van der Waals surface area contributed by atoms with Gasteiger partial charge in [0.15, 0.2) is 0 Å². The summed E-state index contributed by atoms with van der Waals surface area (Å²) in [6.07, 6.45) is 2.05. The van der Waals surface area contributed by atoms with Crippen LogP contribution in [0, 0.1) is 6.07 Å². The van der Waals surface area contributed by atoms with Gasteiger partial charge in [-0.05, 0) is 0 Å². The van der Waals surface area contributed by atoms with Crippen molar-refractivity contribution in [2.75, 3.05) is 14.2 Å². The van der Waals surface area contributed by atoms with E-state index in [1.54, 1.807) is 0 Å². The summed E-state index contributed by atoms with van der Waals surface area (Å²) in [5.41, 5.74) is 4.47. The van der Waals surface area contributed by atoms with E-state index in [4.69, 9.17) is 10.2 Å². The fraction of sp³-hybridized carbons (Fsp3) is 0.227. The van der Waals surface area contributed by atoms with Gasteiger partial charge >= 0.3 is 135 Å². The Morgan fingerprint density at radius 1 is 0.815 bits per heavy atom. The van der Waals surface area contributed by atoms with Crippen LogP contribution in [0.15, 0.2) is 66.9 Å². The second-order valence-electron chi connectivity index (χ2n) is 6.54. The van der Waals surface area contributed by atoms with Gasteiger partial charge in [-0.1, -0.05) is 0 Å². The number of rotatable bonds is 3. The van der Waals surface area contributed by atoms with E-state index in [9.17, 15) is 0 Å².